The van der Waals surface area contributed by atoms with Gasteiger partial charge in [0.25, 0.3) is 0 Å². The van der Waals surface area contributed by atoms with Crippen molar-refractivity contribution in [1.82, 2.24) is 0 Å². The van der Waals surface area contributed by atoms with Gasteiger partial charge in [-0.2, -0.15) is 0 Å². The summed E-state index contributed by atoms with van der Waals surface area (Å²) in [5, 5.41) is 3.27. The molecule has 0 N–H and O–H groups in total. The first kappa shape index (κ1) is 7.98. The smallest absolute Gasteiger partial charge is 0.139 e. The van der Waals surface area contributed by atoms with Crippen LogP contribution in [0.3, 0.4) is 0 Å². The van der Waals surface area contributed by atoms with Crippen molar-refractivity contribution in [2.75, 3.05) is 0 Å². The lowest BCUT2D eigenvalue weighted by Crippen LogP contribution is -1.37. The lowest BCUT2D eigenvalue weighted by molar-refractivity contribution is 0.543. The van der Waals surface area contributed by atoms with Crippen molar-refractivity contribution >= 4 is 17.4 Å². The molecule has 0 aromatic heterocycles. The van der Waals surface area contributed by atoms with Gasteiger partial charge in [-0.25, -0.2) is 4.39 Å². The van der Waals surface area contributed by atoms with Crippen LogP contribution in [-0.2, 0) is 0 Å². The Hall–Kier alpha value is -1.12. The van der Waals surface area contributed by atoms with E-state index in [1.807, 2.05) is 6.07 Å². The van der Waals surface area contributed by atoms with Gasteiger partial charge in [-0.3, -0.25) is 0 Å². The number of thiocarbonyl (C=S) groups is 1. The minimum absolute atomic E-state index is 0.0116. The van der Waals surface area contributed by atoms with Gasteiger partial charge in [-0.15, -0.1) is 0 Å². The summed E-state index contributed by atoms with van der Waals surface area (Å²) in [6.07, 6.45) is 0. The molecular formula is C7H3F2NS. The summed E-state index contributed by atoms with van der Waals surface area (Å²) >= 11 is 3.76. The van der Waals surface area contributed by atoms with Crippen molar-refractivity contribution in [3.63, 3.8) is 0 Å². The van der Waals surface area contributed by atoms with Crippen LogP contribution in [0.2, 0.25) is 0 Å². The fourth-order valence-corrected chi connectivity index (χ4v) is 0.758. The van der Waals surface area contributed by atoms with Crippen LogP contribution < -0.4 is 0 Å². The van der Waals surface area contributed by atoms with Gasteiger partial charge in [0.15, 0.2) is 0 Å². The van der Waals surface area contributed by atoms with Gasteiger partial charge in [-0.1, -0.05) is 22.7 Å². The Balaban J connectivity index is 0.000000134. The van der Waals surface area contributed by atoms with E-state index in [1.165, 1.54) is 5.16 Å². The fraction of sp³-hybridized carbons (Fsp3) is 0. The number of rotatable bonds is 0. The van der Waals surface area contributed by atoms with E-state index in [4.69, 9.17) is 0 Å². The first-order valence-corrected chi connectivity index (χ1v) is 3.19. The topological polar surface area (TPSA) is 12.4 Å². The Kier molecular flexibility index (Phi) is 2.41. The monoisotopic (exact) mass is 171 g/mol. The Bertz CT molecular complexity index is 298. The number of hydrogen-bond acceptors (Lipinski definition) is 2. The zero-order chi connectivity index (χ0) is 8.27. The maximum atomic E-state index is 12.0. The Labute approximate surface area is 67.3 Å². The largest absolute Gasteiger partial charge is 0.206 e. The first-order chi connectivity index (χ1) is 5.31. The minimum atomic E-state index is -0.0116. The van der Waals surface area contributed by atoms with Gasteiger partial charge >= 0.3 is 0 Å². The van der Waals surface area contributed by atoms with Crippen LogP contribution in [0.25, 0.3) is 11.1 Å². The molecular weight excluding hydrogens is 168 g/mol. The molecule has 2 aliphatic rings. The Morgan fingerprint density at radius 2 is 1.82 bits per heavy atom. The highest BCUT2D eigenvalue weighted by atomic mass is 32.1. The molecule has 0 heterocycles. The van der Waals surface area contributed by atoms with Crippen molar-refractivity contribution in [3.05, 3.63) is 24.0 Å². The number of nitrogens with zero attached hydrogens (tertiary/aromatic N) is 1. The summed E-state index contributed by atoms with van der Waals surface area (Å²) in [5.41, 5.74) is 1.61. The highest BCUT2D eigenvalue weighted by Crippen LogP contribution is 2.39. The molecule has 2 rings (SSSR count). The number of benzene rings is 1. The lowest BCUT2D eigenvalue weighted by atomic mass is 10.6. The second-order valence-electron chi connectivity index (χ2n) is 1.84. The zero-order valence-corrected chi connectivity index (χ0v) is 6.16. The summed E-state index contributed by atoms with van der Waals surface area (Å²) in [5.74, 6) is -0.0116. The molecule has 0 spiro atoms. The molecule has 0 bridgehead atoms. The third kappa shape index (κ3) is 1.67. The average Bonchev–Trinajstić information content (AvgIpc) is 2.57. The predicted molar refractivity (Wildman–Crippen MR) is 41.5 cm³/mol. The first-order valence-electron chi connectivity index (χ1n) is 2.78. The van der Waals surface area contributed by atoms with Gasteiger partial charge < -0.3 is 0 Å². The van der Waals surface area contributed by atoms with E-state index in [2.05, 4.69) is 12.2 Å². The van der Waals surface area contributed by atoms with Crippen LogP contribution in [0.15, 0.2) is 23.4 Å². The summed E-state index contributed by atoms with van der Waals surface area (Å²) in [7, 11) is 0. The standard InChI is InChI=1S/C6H3F.CFNS/c7-6-4-2-1-3-5(4)6;2-3-1-4/h1-3H;. The highest BCUT2D eigenvalue weighted by Gasteiger charge is 2.22. The van der Waals surface area contributed by atoms with Crippen molar-refractivity contribution in [3.8, 4) is 11.1 Å². The number of isothiocyanates is 1. The zero-order valence-electron chi connectivity index (χ0n) is 5.34. The second-order valence-corrected chi connectivity index (χ2v) is 2.03. The van der Waals surface area contributed by atoms with E-state index in [9.17, 15) is 8.87 Å². The second kappa shape index (κ2) is 3.32. The lowest BCUT2D eigenvalue weighted by Gasteiger charge is -1.54. The van der Waals surface area contributed by atoms with E-state index in [0.29, 0.717) is 0 Å². The van der Waals surface area contributed by atoms with Crippen LogP contribution in [-0.4, -0.2) is 5.16 Å². The predicted octanol–water partition coefficient (Wildman–Crippen LogP) is 2.78. The summed E-state index contributed by atoms with van der Waals surface area (Å²) in [6.45, 7) is 0. The van der Waals surface area contributed by atoms with E-state index >= 15 is 0 Å². The van der Waals surface area contributed by atoms with Crippen molar-refractivity contribution in [2.24, 2.45) is 5.21 Å². The van der Waals surface area contributed by atoms with Gasteiger partial charge in [0, 0.05) is 11.1 Å². The molecule has 4 heteroatoms. The van der Waals surface area contributed by atoms with Crippen molar-refractivity contribution in [1.29, 1.82) is 0 Å². The molecule has 11 heavy (non-hydrogen) atoms. The average molecular weight is 171 g/mol. The van der Waals surface area contributed by atoms with Crippen LogP contribution in [0.5, 0.6) is 0 Å². The maximum Gasteiger partial charge on any atom is 0.139 e. The number of hydrogen-bond donors (Lipinski definition) is 0. The Morgan fingerprint density at radius 1 is 1.36 bits per heavy atom. The molecule has 0 unspecified atom stereocenters. The molecule has 0 radical (unpaired) electrons. The number of halogens is 2. The molecule has 2 aliphatic carbocycles. The third-order valence-electron chi connectivity index (χ3n) is 1.26. The maximum absolute atomic E-state index is 12.0. The number of fused-ring (bicyclic) bond motifs is 1. The van der Waals surface area contributed by atoms with Crippen LogP contribution >= 0.6 is 12.2 Å². The molecule has 0 saturated heterocycles. The van der Waals surface area contributed by atoms with E-state index < -0.39 is 0 Å². The molecule has 0 aromatic rings. The SMILES string of the molecule is FN=C=S.Fc1c2cccc1-2. The fourth-order valence-electron chi connectivity index (χ4n) is 0.758. The molecule has 56 valence electrons. The Morgan fingerprint density at radius 3 is 2.00 bits per heavy atom. The molecule has 0 aromatic carbocycles. The normalized spacial score (nSPS) is 8.91. The summed E-state index contributed by atoms with van der Waals surface area (Å²) in [4.78, 5) is 0. The molecule has 0 amide bonds. The molecule has 0 atom stereocenters. The van der Waals surface area contributed by atoms with Crippen LogP contribution in [0.1, 0.15) is 0 Å². The summed E-state index contributed by atoms with van der Waals surface area (Å²) in [6, 6.07) is 5.42. The van der Waals surface area contributed by atoms with E-state index in [1.54, 1.807) is 17.3 Å². The van der Waals surface area contributed by atoms with Gasteiger partial charge in [0.1, 0.15) is 5.82 Å². The highest BCUT2D eigenvalue weighted by molar-refractivity contribution is 7.78. The van der Waals surface area contributed by atoms with E-state index in [-0.39, 0.29) is 5.82 Å². The third-order valence-corrected chi connectivity index (χ3v) is 1.33. The molecule has 1 nitrogen and oxygen atoms in total. The van der Waals surface area contributed by atoms with Gasteiger partial charge in [0.2, 0.25) is 0 Å². The van der Waals surface area contributed by atoms with Crippen LogP contribution in [0.4, 0.5) is 8.87 Å². The molecule has 0 aliphatic heterocycles. The quantitative estimate of drug-likeness (QED) is 0.438. The molecule has 0 saturated carbocycles. The molecule has 0 fully saturated rings. The van der Waals surface area contributed by atoms with E-state index in [0.717, 1.165) is 11.1 Å². The van der Waals surface area contributed by atoms with Crippen LogP contribution in [0, 0.1) is 5.82 Å². The van der Waals surface area contributed by atoms with Crippen molar-refractivity contribution in [2.45, 2.75) is 0 Å². The van der Waals surface area contributed by atoms with Crippen molar-refractivity contribution < 1.29 is 8.87 Å². The minimum Gasteiger partial charge on any atom is -0.206 e. The van der Waals surface area contributed by atoms with Gasteiger partial charge in [0.05, 0.1) is 5.16 Å². The summed E-state index contributed by atoms with van der Waals surface area (Å²) < 4.78 is 22.1. The van der Waals surface area contributed by atoms with Gasteiger partial charge in [-0.05, 0) is 17.4 Å².